The Morgan fingerprint density at radius 3 is 2.71 bits per heavy atom. The number of nitrogens with zero attached hydrogens (tertiary/aromatic N) is 2. The highest BCUT2D eigenvalue weighted by Crippen LogP contribution is 2.54. The Kier molecular flexibility index (Phi) is 3.81. The molecule has 3 heterocycles. The molecule has 3 aliphatic heterocycles. The van der Waals surface area contributed by atoms with Gasteiger partial charge in [-0.3, -0.25) is 4.79 Å². The Morgan fingerprint density at radius 2 is 2.04 bits per heavy atom. The summed E-state index contributed by atoms with van der Waals surface area (Å²) in [6.45, 7) is 3.40. The Morgan fingerprint density at radius 1 is 1.25 bits per heavy atom. The molecule has 0 aromatic heterocycles. The zero-order valence-electron chi connectivity index (χ0n) is 15.7. The van der Waals surface area contributed by atoms with E-state index in [9.17, 15) is 4.79 Å². The van der Waals surface area contributed by atoms with Gasteiger partial charge in [0.25, 0.3) is 0 Å². The summed E-state index contributed by atoms with van der Waals surface area (Å²) in [4.78, 5) is 13.1. The molecule has 0 radical (unpaired) electrons. The van der Waals surface area contributed by atoms with Crippen molar-refractivity contribution in [3.63, 3.8) is 0 Å². The first-order valence-electron chi connectivity index (χ1n) is 9.54. The fraction of sp³-hybridized carbons (Fsp3) is 0.364. The molecule has 1 spiro atoms. The van der Waals surface area contributed by atoms with Crippen LogP contribution in [0.15, 0.2) is 30.3 Å². The van der Waals surface area contributed by atoms with Gasteiger partial charge in [-0.15, -0.1) is 0 Å². The largest absolute Gasteiger partial charge is 0.492 e. The molecule has 1 fully saturated rings. The van der Waals surface area contributed by atoms with Crippen LogP contribution in [-0.2, 0) is 6.42 Å². The summed E-state index contributed by atoms with van der Waals surface area (Å²) >= 11 is 0. The number of nitriles is 1. The molecule has 0 saturated carbocycles. The Hall–Kier alpha value is -3.04. The van der Waals surface area contributed by atoms with Crippen molar-refractivity contribution in [3.05, 3.63) is 52.6 Å². The second-order valence-electron chi connectivity index (χ2n) is 7.69. The lowest BCUT2D eigenvalue weighted by molar-refractivity contribution is -0.835. The lowest BCUT2D eigenvalue weighted by atomic mass is 9.87. The van der Waals surface area contributed by atoms with E-state index in [0.29, 0.717) is 29.0 Å². The van der Waals surface area contributed by atoms with Crippen molar-refractivity contribution >= 4 is 5.78 Å². The monoisotopic (exact) mass is 377 g/mol. The highest BCUT2D eigenvalue weighted by molar-refractivity contribution is 5.96. The average Bonchev–Trinajstić information content (AvgIpc) is 3.35. The van der Waals surface area contributed by atoms with Gasteiger partial charge in [0.2, 0.25) is 12.5 Å². The third-order valence-corrected chi connectivity index (χ3v) is 6.28. The summed E-state index contributed by atoms with van der Waals surface area (Å²) in [6.07, 6.45) is 1.36. The van der Waals surface area contributed by atoms with Gasteiger partial charge in [0.15, 0.2) is 17.3 Å². The molecule has 28 heavy (non-hydrogen) atoms. The number of Topliss-reactive ketones (excluding diaryl/α,β-unsaturated/α-hetero) is 1. The summed E-state index contributed by atoms with van der Waals surface area (Å²) in [5.74, 6) is 2.18. The van der Waals surface area contributed by atoms with Crippen LogP contribution < -0.4 is 14.2 Å². The first-order valence-corrected chi connectivity index (χ1v) is 9.54. The summed E-state index contributed by atoms with van der Waals surface area (Å²) < 4.78 is 17.9. The molecule has 1 saturated heterocycles. The maximum Gasteiger partial charge on any atom is 0.231 e. The predicted octanol–water partition coefficient (Wildman–Crippen LogP) is 3.00. The minimum atomic E-state index is 0.0522. The minimum absolute atomic E-state index is 0.0522. The van der Waals surface area contributed by atoms with E-state index < -0.39 is 0 Å². The van der Waals surface area contributed by atoms with Crippen molar-refractivity contribution in [1.29, 1.82) is 5.26 Å². The van der Waals surface area contributed by atoms with E-state index >= 15 is 0 Å². The van der Waals surface area contributed by atoms with Gasteiger partial charge in [-0.1, -0.05) is 12.1 Å². The van der Waals surface area contributed by atoms with Crippen LogP contribution in [0.3, 0.4) is 0 Å². The molecule has 3 aliphatic rings. The normalized spacial score (nSPS) is 20.4. The number of rotatable bonds is 4. The highest BCUT2D eigenvalue weighted by Gasteiger charge is 2.54. The van der Waals surface area contributed by atoms with Crippen molar-refractivity contribution in [1.82, 2.24) is 0 Å². The molecule has 1 atom stereocenters. The van der Waals surface area contributed by atoms with Crippen LogP contribution in [0.5, 0.6) is 17.2 Å². The fourth-order valence-electron chi connectivity index (χ4n) is 4.61. The number of hydrogen-bond acceptors (Lipinski definition) is 5. The van der Waals surface area contributed by atoms with Crippen molar-refractivity contribution in [2.24, 2.45) is 0 Å². The first kappa shape index (κ1) is 17.1. The standard InChI is InChI=1S/C22H21N2O4/c1-26-22-20-16(10-19-21(22)28-13-27-19)6-7-24(8-9-24)17(20)11-18(25)15-4-2-14(12-23)3-5-15/h2-5,10,17H,6-9,11,13H2,1H3/q+1. The number of ether oxygens (including phenoxy) is 3. The zero-order chi connectivity index (χ0) is 19.3. The molecule has 1 unspecified atom stereocenters. The van der Waals surface area contributed by atoms with Crippen LogP contribution in [0.25, 0.3) is 0 Å². The molecule has 0 bridgehead atoms. The van der Waals surface area contributed by atoms with E-state index in [4.69, 9.17) is 19.5 Å². The second kappa shape index (κ2) is 6.25. The third-order valence-electron chi connectivity index (χ3n) is 6.28. The van der Waals surface area contributed by atoms with E-state index in [2.05, 4.69) is 12.1 Å². The molecule has 6 heteroatoms. The summed E-state index contributed by atoms with van der Waals surface area (Å²) in [5.41, 5.74) is 3.49. The van der Waals surface area contributed by atoms with E-state index in [1.54, 1.807) is 31.4 Å². The van der Waals surface area contributed by atoms with Gasteiger partial charge in [-0.2, -0.15) is 5.26 Å². The van der Waals surface area contributed by atoms with Gasteiger partial charge in [-0.25, -0.2) is 0 Å². The van der Waals surface area contributed by atoms with E-state index in [-0.39, 0.29) is 18.6 Å². The second-order valence-corrected chi connectivity index (χ2v) is 7.69. The maximum absolute atomic E-state index is 13.1. The van der Waals surface area contributed by atoms with Gasteiger partial charge in [0.05, 0.1) is 37.3 Å². The third kappa shape index (κ3) is 2.54. The number of fused-ring (bicyclic) bond motifs is 2. The van der Waals surface area contributed by atoms with E-state index in [1.807, 2.05) is 0 Å². The minimum Gasteiger partial charge on any atom is -0.492 e. The van der Waals surface area contributed by atoms with Crippen molar-refractivity contribution in [2.75, 3.05) is 33.5 Å². The number of benzene rings is 2. The van der Waals surface area contributed by atoms with E-state index in [0.717, 1.165) is 41.9 Å². The number of quaternary nitrogens is 1. The molecule has 0 amide bonds. The number of carbonyl (C=O) groups is 1. The quantitative estimate of drug-likeness (QED) is 0.465. The molecular weight excluding hydrogens is 356 g/mol. The molecule has 142 valence electrons. The number of hydrogen-bond donors (Lipinski definition) is 0. The van der Waals surface area contributed by atoms with Gasteiger partial charge in [0.1, 0.15) is 19.1 Å². The fourth-order valence-corrected chi connectivity index (χ4v) is 4.61. The van der Waals surface area contributed by atoms with Crippen LogP contribution in [0.1, 0.15) is 39.5 Å². The van der Waals surface area contributed by atoms with Gasteiger partial charge < -0.3 is 18.7 Å². The summed E-state index contributed by atoms with van der Waals surface area (Å²) in [5, 5.41) is 8.98. The van der Waals surface area contributed by atoms with Crippen LogP contribution in [0.2, 0.25) is 0 Å². The number of carbonyl (C=O) groups excluding carboxylic acids is 1. The molecule has 6 nitrogen and oxygen atoms in total. The van der Waals surface area contributed by atoms with Crippen LogP contribution in [-0.4, -0.2) is 43.8 Å². The van der Waals surface area contributed by atoms with Crippen LogP contribution in [0.4, 0.5) is 0 Å². The summed E-state index contributed by atoms with van der Waals surface area (Å²) in [7, 11) is 1.65. The molecule has 2 aromatic carbocycles. The lowest BCUT2D eigenvalue weighted by Gasteiger charge is -2.35. The van der Waals surface area contributed by atoms with Crippen LogP contribution >= 0.6 is 0 Å². The zero-order valence-corrected chi connectivity index (χ0v) is 15.7. The van der Waals surface area contributed by atoms with Gasteiger partial charge in [-0.05, 0) is 23.8 Å². The smallest absolute Gasteiger partial charge is 0.231 e. The maximum atomic E-state index is 13.1. The summed E-state index contributed by atoms with van der Waals surface area (Å²) in [6, 6.07) is 11.1. The molecule has 0 N–H and O–H groups in total. The highest BCUT2D eigenvalue weighted by atomic mass is 16.7. The van der Waals surface area contributed by atoms with Crippen LogP contribution in [0, 0.1) is 11.3 Å². The Balaban J connectivity index is 1.54. The SMILES string of the molecule is COc1c2c(cc3c1C(CC(=O)c1ccc(C#N)cc1)[N+]1(CC3)CC1)OCO2. The number of methoxy groups -OCH3 is 1. The van der Waals surface area contributed by atoms with Crippen molar-refractivity contribution < 1.29 is 23.5 Å². The van der Waals surface area contributed by atoms with E-state index in [1.165, 1.54) is 5.56 Å². The molecule has 0 aliphatic carbocycles. The average molecular weight is 377 g/mol. The van der Waals surface area contributed by atoms with Gasteiger partial charge >= 0.3 is 0 Å². The Labute approximate surface area is 163 Å². The molecular formula is C22H21N2O4+. The van der Waals surface area contributed by atoms with Gasteiger partial charge in [0, 0.05) is 12.0 Å². The van der Waals surface area contributed by atoms with Crippen molar-refractivity contribution in [3.8, 4) is 23.3 Å². The Bertz CT molecular complexity index is 1000. The molecule has 5 rings (SSSR count). The molecule has 2 aromatic rings. The first-order chi connectivity index (χ1) is 13.6. The topological polar surface area (TPSA) is 68.6 Å². The number of ketones is 1. The predicted molar refractivity (Wildman–Crippen MR) is 101 cm³/mol. The van der Waals surface area contributed by atoms with Crippen molar-refractivity contribution in [2.45, 2.75) is 18.9 Å². The lowest BCUT2D eigenvalue weighted by Crippen LogP contribution is -2.39.